The maximum Gasteiger partial charge on any atom is 0.223 e. The normalized spacial score (nSPS) is 23.5. The van der Waals surface area contributed by atoms with Crippen LogP contribution in [0.25, 0.3) is 11.1 Å². The Kier molecular flexibility index (Phi) is 5.19. The van der Waals surface area contributed by atoms with E-state index in [2.05, 4.69) is 28.2 Å². The molecule has 144 valence electrons. The molecule has 6 heteroatoms. The molecule has 1 saturated heterocycles. The number of fused-ring (bicyclic) bond motifs is 1. The van der Waals surface area contributed by atoms with Crippen molar-refractivity contribution < 1.29 is 14.3 Å². The van der Waals surface area contributed by atoms with Crippen molar-refractivity contribution in [2.45, 2.75) is 44.8 Å². The molecule has 2 unspecified atom stereocenters. The van der Waals surface area contributed by atoms with Crippen LogP contribution in [-0.4, -0.2) is 30.8 Å². The number of halogens is 1. The SMILES string of the molecule is CC1(C)CC(C(=O)NCC2Cc3cc(-c4ccsc4)cc(Cl)c3O2)CCO1. The molecular weight excluding hydrogens is 382 g/mol. The van der Waals surface area contributed by atoms with Gasteiger partial charge in [0.2, 0.25) is 5.91 Å². The van der Waals surface area contributed by atoms with Crippen LogP contribution < -0.4 is 10.1 Å². The third kappa shape index (κ3) is 4.15. The number of amides is 1. The first kappa shape index (κ1) is 18.8. The average molecular weight is 406 g/mol. The van der Waals surface area contributed by atoms with Crippen molar-refractivity contribution in [2.24, 2.45) is 5.92 Å². The number of nitrogens with one attached hydrogen (secondary N) is 1. The van der Waals surface area contributed by atoms with Gasteiger partial charge in [0.1, 0.15) is 11.9 Å². The van der Waals surface area contributed by atoms with Crippen molar-refractivity contribution in [3.8, 4) is 16.9 Å². The van der Waals surface area contributed by atoms with E-state index in [0.29, 0.717) is 18.2 Å². The van der Waals surface area contributed by atoms with Gasteiger partial charge in [-0.15, -0.1) is 0 Å². The van der Waals surface area contributed by atoms with Crippen LogP contribution in [0.4, 0.5) is 0 Å². The summed E-state index contributed by atoms with van der Waals surface area (Å²) in [7, 11) is 0. The van der Waals surface area contributed by atoms with Crippen molar-refractivity contribution >= 4 is 28.8 Å². The third-order valence-corrected chi connectivity index (χ3v) is 6.24. The minimum absolute atomic E-state index is 0.00584. The van der Waals surface area contributed by atoms with Gasteiger partial charge in [0.25, 0.3) is 0 Å². The van der Waals surface area contributed by atoms with Gasteiger partial charge >= 0.3 is 0 Å². The maximum absolute atomic E-state index is 12.5. The highest BCUT2D eigenvalue weighted by molar-refractivity contribution is 7.08. The highest BCUT2D eigenvalue weighted by Crippen LogP contribution is 2.40. The quantitative estimate of drug-likeness (QED) is 0.802. The van der Waals surface area contributed by atoms with E-state index in [-0.39, 0.29) is 23.5 Å². The van der Waals surface area contributed by atoms with Crippen molar-refractivity contribution in [1.82, 2.24) is 5.32 Å². The maximum atomic E-state index is 12.5. The summed E-state index contributed by atoms with van der Waals surface area (Å²) in [6.45, 7) is 5.21. The van der Waals surface area contributed by atoms with E-state index in [1.165, 1.54) is 5.56 Å². The number of thiophene rings is 1. The topological polar surface area (TPSA) is 47.6 Å². The lowest BCUT2D eigenvalue weighted by Gasteiger charge is -2.34. The lowest BCUT2D eigenvalue weighted by Crippen LogP contribution is -2.43. The summed E-state index contributed by atoms with van der Waals surface area (Å²) < 4.78 is 11.7. The first-order valence-corrected chi connectivity index (χ1v) is 10.7. The Hall–Kier alpha value is -1.56. The standard InChI is InChI=1S/C21H24ClNO3S/c1-21(2)10-13(3-5-25-21)20(24)23-11-17-8-16-7-15(14-4-6-27-12-14)9-18(22)19(16)26-17/h4,6-7,9,12-13,17H,3,5,8,10-11H2,1-2H3,(H,23,24). The van der Waals surface area contributed by atoms with Crippen molar-refractivity contribution in [2.75, 3.05) is 13.2 Å². The average Bonchev–Trinajstić information content (AvgIpc) is 3.28. The fourth-order valence-corrected chi connectivity index (χ4v) is 4.86. The number of carbonyl (C=O) groups excluding carboxylic acids is 1. The number of hydrogen-bond acceptors (Lipinski definition) is 4. The van der Waals surface area contributed by atoms with Crippen molar-refractivity contribution in [3.05, 3.63) is 39.5 Å². The smallest absolute Gasteiger partial charge is 0.223 e. The summed E-state index contributed by atoms with van der Waals surface area (Å²) in [5, 5.41) is 7.87. The van der Waals surface area contributed by atoms with Crippen LogP contribution >= 0.6 is 22.9 Å². The van der Waals surface area contributed by atoms with E-state index in [1.54, 1.807) is 11.3 Å². The van der Waals surface area contributed by atoms with Gasteiger partial charge in [0.05, 0.1) is 17.2 Å². The monoisotopic (exact) mass is 405 g/mol. The molecule has 2 aliphatic heterocycles. The number of rotatable bonds is 4. The van der Waals surface area contributed by atoms with Gasteiger partial charge in [0, 0.05) is 24.5 Å². The van der Waals surface area contributed by atoms with E-state index in [9.17, 15) is 4.79 Å². The molecule has 1 fully saturated rings. The molecule has 1 N–H and O–H groups in total. The fraction of sp³-hybridized carbons (Fsp3) is 0.476. The largest absolute Gasteiger partial charge is 0.486 e. The summed E-state index contributed by atoms with van der Waals surface area (Å²) in [6.07, 6.45) is 2.20. The Balaban J connectivity index is 1.37. The first-order chi connectivity index (χ1) is 12.9. The molecule has 2 atom stereocenters. The molecule has 1 aromatic heterocycles. The summed E-state index contributed by atoms with van der Waals surface area (Å²) in [6, 6.07) is 6.19. The molecule has 4 rings (SSSR count). The van der Waals surface area contributed by atoms with Gasteiger partial charge in [-0.2, -0.15) is 11.3 Å². The lowest BCUT2D eigenvalue weighted by molar-refractivity contribution is -0.135. The molecule has 2 aliphatic rings. The van der Waals surface area contributed by atoms with Gasteiger partial charge in [0.15, 0.2) is 0 Å². The van der Waals surface area contributed by atoms with E-state index in [1.807, 2.05) is 19.9 Å². The predicted octanol–water partition coefficient (Wildman–Crippen LogP) is 4.69. The van der Waals surface area contributed by atoms with Gasteiger partial charge in [-0.25, -0.2) is 0 Å². The summed E-state index contributed by atoms with van der Waals surface area (Å²) in [5.74, 6) is 0.851. The number of carbonyl (C=O) groups is 1. The molecule has 1 amide bonds. The second kappa shape index (κ2) is 7.46. The van der Waals surface area contributed by atoms with Gasteiger partial charge in [-0.1, -0.05) is 11.6 Å². The second-order valence-electron chi connectivity index (χ2n) is 7.95. The van der Waals surface area contributed by atoms with E-state index in [0.717, 1.165) is 36.1 Å². The second-order valence-corrected chi connectivity index (χ2v) is 9.13. The van der Waals surface area contributed by atoms with E-state index < -0.39 is 0 Å². The van der Waals surface area contributed by atoms with Crippen LogP contribution in [0.15, 0.2) is 29.0 Å². The van der Waals surface area contributed by atoms with Crippen LogP contribution in [0.1, 0.15) is 32.3 Å². The lowest BCUT2D eigenvalue weighted by atomic mass is 9.88. The van der Waals surface area contributed by atoms with E-state index >= 15 is 0 Å². The molecule has 0 aliphatic carbocycles. The van der Waals surface area contributed by atoms with Crippen LogP contribution in [0.5, 0.6) is 5.75 Å². The zero-order valence-electron chi connectivity index (χ0n) is 15.6. The Morgan fingerprint density at radius 3 is 2.96 bits per heavy atom. The Morgan fingerprint density at radius 1 is 1.37 bits per heavy atom. The van der Waals surface area contributed by atoms with Crippen molar-refractivity contribution in [3.63, 3.8) is 0 Å². The molecular formula is C21H24ClNO3S. The predicted molar refractivity (Wildman–Crippen MR) is 109 cm³/mol. The summed E-state index contributed by atoms with van der Waals surface area (Å²) >= 11 is 8.12. The van der Waals surface area contributed by atoms with Crippen LogP contribution in [0.3, 0.4) is 0 Å². The number of benzene rings is 1. The minimum atomic E-state index is -0.230. The minimum Gasteiger partial charge on any atom is -0.486 e. The Morgan fingerprint density at radius 2 is 2.22 bits per heavy atom. The number of hydrogen-bond donors (Lipinski definition) is 1. The molecule has 0 saturated carbocycles. The van der Waals surface area contributed by atoms with Gasteiger partial charge in [-0.3, -0.25) is 4.79 Å². The van der Waals surface area contributed by atoms with Crippen LogP contribution in [-0.2, 0) is 16.0 Å². The molecule has 0 spiro atoms. The van der Waals surface area contributed by atoms with E-state index in [4.69, 9.17) is 21.1 Å². The van der Waals surface area contributed by atoms with Crippen LogP contribution in [0, 0.1) is 5.92 Å². The highest BCUT2D eigenvalue weighted by atomic mass is 35.5. The van der Waals surface area contributed by atoms with Crippen molar-refractivity contribution in [1.29, 1.82) is 0 Å². The Bertz CT molecular complexity index is 834. The highest BCUT2D eigenvalue weighted by Gasteiger charge is 2.33. The summed E-state index contributed by atoms with van der Waals surface area (Å²) in [4.78, 5) is 12.5. The molecule has 3 heterocycles. The Labute approximate surface area is 168 Å². The molecule has 4 nitrogen and oxygen atoms in total. The fourth-order valence-electron chi connectivity index (χ4n) is 3.91. The molecule has 2 aromatic rings. The molecule has 0 bridgehead atoms. The molecule has 1 aromatic carbocycles. The number of ether oxygens (including phenoxy) is 2. The van der Waals surface area contributed by atoms with Crippen LogP contribution in [0.2, 0.25) is 5.02 Å². The van der Waals surface area contributed by atoms with Gasteiger partial charge in [-0.05, 0) is 66.8 Å². The zero-order valence-corrected chi connectivity index (χ0v) is 17.2. The van der Waals surface area contributed by atoms with Gasteiger partial charge < -0.3 is 14.8 Å². The molecule has 27 heavy (non-hydrogen) atoms. The third-order valence-electron chi connectivity index (χ3n) is 5.28. The first-order valence-electron chi connectivity index (χ1n) is 9.34. The summed E-state index contributed by atoms with van der Waals surface area (Å²) in [5.41, 5.74) is 3.16. The zero-order chi connectivity index (χ0) is 19.0. The molecule has 0 radical (unpaired) electrons.